The lowest BCUT2D eigenvalue weighted by atomic mass is 10.0. The summed E-state index contributed by atoms with van der Waals surface area (Å²) in [5.41, 5.74) is 0. The van der Waals surface area contributed by atoms with E-state index in [9.17, 15) is 19.8 Å². The smallest absolute Gasteiger partial charge is 0.305 e. The first-order chi connectivity index (χ1) is 27.5. The molecule has 0 aliphatic carbocycles. The van der Waals surface area contributed by atoms with Gasteiger partial charge in [0.1, 0.15) is 0 Å². The second kappa shape index (κ2) is 45.8. The third-order valence-electron chi connectivity index (χ3n) is 10.9. The first-order valence-electron chi connectivity index (χ1n) is 24.3. The highest BCUT2D eigenvalue weighted by atomic mass is 16.5. The molecule has 0 aliphatic rings. The maximum atomic E-state index is 12.3. The predicted octanol–water partition coefficient (Wildman–Crippen LogP) is 14.1. The van der Waals surface area contributed by atoms with Crippen LogP contribution in [0.1, 0.15) is 245 Å². The van der Waals surface area contributed by atoms with Crippen LogP contribution in [0.4, 0.5) is 0 Å². The number of unbranched alkanes of at least 4 members (excludes halogenated alkanes) is 30. The zero-order valence-electron chi connectivity index (χ0n) is 37.1. The highest BCUT2D eigenvalue weighted by molar-refractivity contribution is 5.76. The summed E-state index contributed by atoms with van der Waals surface area (Å²) in [7, 11) is 0. The zero-order chi connectivity index (χ0) is 40.8. The van der Waals surface area contributed by atoms with E-state index in [1.807, 2.05) is 6.08 Å². The minimum absolute atomic E-state index is 0.0211. The summed E-state index contributed by atoms with van der Waals surface area (Å²) in [4.78, 5) is 24.3. The molecule has 0 saturated heterocycles. The van der Waals surface area contributed by atoms with E-state index < -0.39 is 12.1 Å². The Labute approximate surface area is 347 Å². The molecule has 3 N–H and O–H groups in total. The van der Waals surface area contributed by atoms with Gasteiger partial charge in [0.05, 0.1) is 25.4 Å². The van der Waals surface area contributed by atoms with Crippen molar-refractivity contribution in [3.63, 3.8) is 0 Å². The molecule has 1 amide bonds. The van der Waals surface area contributed by atoms with Gasteiger partial charge in [-0.25, -0.2) is 0 Å². The van der Waals surface area contributed by atoms with Crippen LogP contribution in [0.15, 0.2) is 36.5 Å². The van der Waals surface area contributed by atoms with E-state index in [1.165, 1.54) is 141 Å². The fraction of sp³-hybridized carbons (Fsp3) is 0.840. The van der Waals surface area contributed by atoms with Crippen LogP contribution in [0, 0.1) is 0 Å². The molecule has 0 saturated carbocycles. The molecule has 0 aromatic carbocycles. The number of hydrogen-bond donors (Lipinski definition) is 3. The number of allylic oxidation sites excluding steroid dienone is 5. The number of hydrogen-bond acceptors (Lipinski definition) is 5. The van der Waals surface area contributed by atoms with Gasteiger partial charge in [0.25, 0.3) is 0 Å². The van der Waals surface area contributed by atoms with Gasteiger partial charge in [0.2, 0.25) is 5.91 Å². The first kappa shape index (κ1) is 54.1. The quantitative estimate of drug-likeness (QED) is 0.0247. The van der Waals surface area contributed by atoms with Gasteiger partial charge in [-0.3, -0.25) is 9.59 Å². The lowest BCUT2D eigenvalue weighted by Crippen LogP contribution is -2.45. The molecule has 0 spiro atoms. The largest absolute Gasteiger partial charge is 0.466 e. The van der Waals surface area contributed by atoms with Gasteiger partial charge in [-0.15, -0.1) is 0 Å². The molecule has 0 aromatic rings. The summed E-state index contributed by atoms with van der Waals surface area (Å²) in [6.45, 7) is 4.81. The number of esters is 1. The molecule has 2 unspecified atom stereocenters. The average molecular weight is 788 g/mol. The third-order valence-corrected chi connectivity index (χ3v) is 10.9. The van der Waals surface area contributed by atoms with Crippen molar-refractivity contribution in [3.05, 3.63) is 36.5 Å². The standard InChI is InChI=1S/C50H93NO5/c1-3-5-7-9-11-13-14-15-17-21-24-28-32-36-40-44-50(55)56-45-41-37-33-29-25-22-19-16-18-20-23-27-31-35-39-43-49(54)51-47(46-52)48(53)42-38-34-30-26-12-10-8-6-4-2/h16,19,22,25,38,42,47-48,52-53H,3-15,17-18,20-21,23-24,26-37,39-41,43-46H2,1-2H3,(H,51,54)/b19-16-,25-22-,42-38+. The third kappa shape index (κ3) is 41.7. The summed E-state index contributed by atoms with van der Waals surface area (Å²) in [5, 5.41) is 22.8. The molecular formula is C50H93NO5. The van der Waals surface area contributed by atoms with E-state index in [0.717, 1.165) is 77.0 Å². The van der Waals surface area contributed by atoms with Crippen LogP contribution >= 0.6 is 0 Å². The number of aliphatic hydroxyl groups excluding tert-OH is 2. The molecule has 0 bridgehead atoms. The Morgan fingerprint density at radius 2 is 0.875 bits per heavy atom. The lowest BCUT2D eigenvalue weighted by molar-refractivity contribution is -0.143. The van der Waals surface area contributed by atoms with E-state index in [4.69, 9.17) is 4.74 Å². The van der Waals surface area contributed by atoms with E-state index in [1.54, 1.807) is 6.08 Å². The molecule has 6 heteroatoms. The van der Waals surface area contributed by atoms with E-state index in [2.05, 4.69) is 43.5 Å². The van der Waals surface area contributed by atoms with Crippen molar-refractivity contribution < 1.29 is 24.5 Å². The van der Waals surface area contributed by atoms with E-state index >= 15 is 0 Å². The highest BCUT2D eigenvalue weighted by Crippen LogP contribution is 2.15. The fourth-order valence-electron chi connectivity index (χ4n) is 7.15. The maximum absolute atomic E-state index is 12.3. The van der Waals surface area contributed by atoms with Gasteiger partial charge in [-0.1, -0.05) is 204 Å². The molecule has 0 fully saturated rings. The summed E-state index contributed by atoms with van der Waals surface area (Å²) in [6.07, 6.45) is 54.3. The Kier molecular flexibility index (Phi) is 44.2. The van der Waals surface area contributed by atoms with Crippen molar-refractivity contribution in [2.75, 3.05) is 13.2 Å². The van der Waals surface area contributed by atoms with Crippen molar-refractivity contribution >= 4 is 11.9 Å². The van der Waals surface area contributed by atoms with Crippen LogP contribution in [0.25, 0.3) is 0 Å². The molecule has 56 heavy (non-hydrogen) atoms. The molecule has 0 aliphatic heterocycles. The number of ether oxygens (including phenoxy) is 1. The van der Waals surface area contributed by atoms with Crippen LogP contribution in [0.3, 0.4) is 0 Å². The number of carbonyl (C=O) groups is 2. The zero-order valence-corrected chi connectivity index (χ0v) is 37.1. The van der Waals surface area contributed by atoms with Crippen molar-refractivity contribution in [2.45, 2.75) is 257 Å². The minimum atomic E-state index is -0.856. The Balaban J connectivity index is 3.52. The van der Waals surface area contributed by atoms with Gasteiger partial charge < -0.3 is 20.3 Å². The SMILES string of the molecule is CCCCCCCCC/C=C/C(O)C(CO)NC(=O)CCCCCCCC/C=C\C=C/CCCCCOC(=O)CCCCCCCCCCCCCCCCC. The van der Waals surface area contributed by atoms with Crippen molar-refractivity contribution in [2.24, 2.45) is 0 Å². The minimum Gasteiger partial charge on any atom is -0.466 e. The average Bonchev–Trinajstić information content (AvgIpc) is 3.20. The van der Waals surface area contributed by atoms with Gasteiger partial charge in [-0.05, 0) is 64.2 Å². The number of carbonyl (C=O) groups excluding carboxylic acids is 2. The molecule has 0 rings (SSSR count). The summed E-state index contributed by atoms with van der Waals surface area (Å²) >= 11 is 0. The fourth-order valence-corrected chi connectivity index (χ4v) is 7.15. The van der Waals surface area contributed by atoms with Crippen LogP contribution in [-0.2, 0) is 14.3 Å². The van der Waals surface area contributed by atoms with Crippen molar-refractivity contribution in [1.82, 2.24) is 5.32 Å². The van der Waals surface area contributed by atoms with E-state index in [-0.39, 0.29) is 18.5 Å². The summed E-state index contributed by atoms with van der Waals surface area (Å²) in [5.74, 6) is -0.115. The number of rotatable bonds is 44. The van der Waals surface area contributed by atoms with Crippen LogP contribution < -0.4 is 5.32 Å². The molecule has 0 aromatic heterocycles. The Morgan fingerprint density at radius 3 is 1.32 bits per heavy atom. The first-order valence-corrected chi connectivity index (χ1v) is 24.3. The molecule has 6 nitrogen and oxygen atoms in total. The summed E-state index contributed by atoms with van der Waals surface area (Å²) in [6, 6.07) is -0.642. The van der Waals surface area contributed by atoms with Gasteiger partial charge in [0.15, 0.2) is 0 Å². The summed E-state index contributed by atoms with van der Waals surface area (Å²) < 4.78 is 5.44. The molecule has 328 valence electrons. The van der Waals surface area contributed by atoms with Crippen LogP contribution in [0.2, 0.25) is 0 Å². The van der Waals surface area contributed by atoms with Gasteiger partial charge >= 0.3 is 5.97 Å². The predicted molar refractivity (Wildman–Crippen MR) is 241 cm³/mol. The molecule has 0 radical (unpaired) electrons. The van der Waals surface area contributed by atoms with Crippen LogP contribution in [0.5, 0.6) is 0 Å². The Hall–Kier alpha value is -1.92. The van der Waals surface area contributed by atoms with Gasteiger partial charge in [-0.2, -0.15) is 0 Å². The normalized spacial score (nSPS) is 13.0. The second-order valence-corrected chi connectivity index (χ2v) is 16.5. The Morgan fingerprint density at radius 1 is 0.500 bits per heavy atom. The topological polar surface area (TPSA) is 95.9 Å². The molecule has 2 atom stereocenters. The number of amides is 1. The van der Waals surface area contributed by atoms with Crippen molar-refractivity contribution in [3.8, 4) is 0 Å². The monoisotopic (exact) mass is 788 g/mol. The molecule has 0 heterocycles. The number of nitrogens with one attached hydrogen (secondary N) is 1. The number of aliphatic hydroxyl groups is 2. The Bertz CT molecular complexity index is 915. The lowest BCUT2D eigenvalue weighted by Gasteiger charge is -2.20. The second-order valence-electron chi connectivity index (χ2n) is 16.5. The maximum Gasteiger partial charge on any atom is 0.305 e. The van der Waals surface area contributed by atoms with E-state index in [0.29, 0.717) is 19.4 Å². The van der Waals surface area contributed by atoms with Crippen LogP contribution in [-0.4, -0.2) is 47.4 Å². The molecular weight excluding hydrogens is 695 g/mol. The van der Waals surface area contributed by atoms with Crippen molar-refractivity contribution in [1.29, 1.82) is 0 Å². The van der Waals surface area contributed by atoms with Gasteiger partial charge in [0, 0.05) is 12.8 Å². The highest BCUT2D eigenvalue weighted by Gasteiger charge is 2.18.